The van der Waals surface area contributed by atoms with Crippen LogP contribution in [0.4, 0.5) is 0 Å². The van der Waals surface area contributed by atoms with Crippen molar-refractivity contribution in [1.29, 1.82) is 0 Å². The summed E-state index contributed by atoms with van der Waals surface area (Å²) in [6.07, 6.45) is 2.24. The molecule has 0 saturated heterocycles. The maximum Gasteiger partial charge on any atom is 0.0700 e. The van der Waals surface area contributed by atoms with Crippen LogP contribution >= 0.6 is 0 Å². The molecule has 1 unspecified atom stereocenters. The van der Waals surface area contributed by atoms with Gasteiger partial charge in [-0.15, -0.1) is 0 Å². The summed E-state index contributed by atoms with van der Waals surface area (Å²) >= 11 is 0. The first-order valence-electron chi connectivity index (χ1n) is 6.19. The molecular weight excluding hydrogens is 206 g/mol. The molecule has 0 rings (SSSR count). The summed E-state index contributed by atoms with van der Waals surface area (Å²) in [5.74, 6) is 0. The Morgan fingerprint density at radius 1 is 1.06 bits per heavy atom. The molecule has 0 fully saturated rings. The third-order valence-electron chi connectivity index (χ3n) is 2.21. The van der Waals surface area contributed by atoms with E-state index in [1.165, 1.54) is 0 Å². The molecule has 4 nitrogen and oxygen atoms in total. The van der Waals surface area contributed by atoms with Crippen molar-refractivity contribution in [3.05, 3.63) is 0 Å². The lowest BCUT2D eigenvalue weighted by atomic mass is 10.3. The van der Waals surface area contributed by atoms with E-state index in [2.05, 4.69) is 12.2 Å². The summed E-state index contributed by atoms with van der Waals surface area (Å²) in [5.41, 5.74) is 0. The van der Waals surface area contributed by atoms with E-state index in [4.69, 9.17) is 14.2 Å². The Hall–Kier alpha value is -0.160. The summed E-state index contributed by atoms with van der Waals surface area (Å²) in [6, 6.07) is 0.439. The molecule has 0 spiro atoms. The lowest BCUT2D eigenvalue weighted by molar-refractivity contribution is 0.0685. The minimum absolute atomic E-state index is 0.439. The molecule has 0 heterocycles. The fraction of sp³-hybridized carbons (Fsp3) is 1.00. The minimum Gasteiger partial charge on any atom is -0.382 e. The van der Waals surface area contributed by atoms with Gasteiger partial charge in [0.05, 0.1) is 19.8 Å². The van der Waals surface area contributed by atoms with E-state index in [9.17, 15) is 0 Å². The summed E-state index contributed by atoms with van der Waals surface area (Å²) in [7, 11) is 1.69. The van der Waals surface area contributed by atoms with Crippen LogP contribution in [0.25, 0.3) is 0 Å². The van der Waals surface area contributed by atoms with Crippen molar-refractivity contribution in [1.82, 2.24) is 5.32 Å². The Labute approximate surface area is 99.6 Å². The highest BCUT2D eigenvalue weighted by molar-refractivity contribution is 4.58. The fourth-order valence-electron chi connectivity index (χ4n) is 1.28. The largest absolute Gasteiger partial charge is 0.382 e. The van der Waals surface area contributed by atoms with Crippen molar-refractivity contribution < 1.29 is 14.2 Å². The van der Waals surface area contributed by atoms with E-state index in [-0.39, 0.29) is 0 Å². The van der Waals surface area contributed by atoms with E-state index in [1.807, 2.05) is 6.92 Å². The SMILES string of the molecule is CCOCC(C)NCCCCOCCOC. The number of hydrogen-bond donors (Lipinski definition) is 1. The Morgan fingerprint density at radius 3 is 2.56 bits per heavy atom. The Bertz CT molecular complexity index is 133. The normalized spacial score (nSPS) is 12.9. The smallest absolute Gasteiger partial charge is 0.0700 e. The molecule has 1 N–H and O–H groups in total. The predicted octanol–water partition coefficient (Wildman–Crippen LogP) is 1.44. The van der Waals surface area contributed by atoms with Gasteiger partial charge in [-0.25, -0.2) is 0 Å². The molecule has 0 saturated carbocycles. The third kappa shape index (κ3) is 11.9. The zero-order valence-corrected chi connectivity index (χ0v) is 11.0. The van der Waals surface area contributed by atoms with E-state index in [0.29, 0.717) is 19.3 Å². The molecule has 0 amide bonds. The third-order valence-corrected chi connectivity index (χ3v) is 2.21. The van der Waals surface area contributed by atoms with Gasteiger partial charge in [0.15, 0.2) is 0 Å². The number of methoxy groups -OCH3 is 1. The topological polar surface area (TPSA) is 39.7 Å². The summed E-state index contributed by atoms with van der Waals surface area (Å²) < 4.78 is 15.6. The van der Waals surface area contributed by atoms with Crippen LogP contribution in [0.2, 0.25) is 0 Å². The van der Waals surface area contributed by atoms with Gasteiger partial charge in [0, 0.05) is 26.4 Å². The van der Waals surface area contributed by atoms with Crippen LogP contribution in [-0.4, -0.2) is 52.7 Å². The molecule has 4 heteroatoms. The van der Waals surface area contributed by atoms with Crippen LogP contribution in [0.5, 0.6) is 0 Å². The molecular formula is C12H27NO3. The second kappa shape index (κ2) is 12.9. The van der Waals surface area contributed by atoms with Crippen molar-refractivity contribution in [3.8, 4) is 0 Å². The second-order valence-corrected chi connectivity index (χ2v) is 3.83. The highest BCUT2D eigenvalue weighted by Gasteiger charge is 1.99. The van der Waals surface area contributed by atoms with E-state index < -0.39 is 0 Å². The van der Waals surface area contributed by atoms with Gasteiger partial charge in [0.25, 0.3) is 0 Å². The Balaban J connectivity index is 3.02. The van der Waals surface area contributed by atoms with Gasteiger partial charge in [-0.3, -0.25) is 0 Å². The first-order chi connectivity index (χ1) is 7.81. The highest BCUT2D eigenvalue weighted by Crippen LogP contribution is 1.91. The van der Waals surface area contributed by atoms with Crippen LogP contribution in [0.1, 0.15) is 26.7 Å². The van der Waals surface area contributed by atoms with Crippen LogP contribution in [0, 0.1) is 0 Å². The van der Waals surface area contributed by atoms with Gasteiger partial charge in [-0.1, -0.05) is 0 Å². The monoisotopic (exact) mass is 233 g/mol. The average molecular weight is 233 g/mol. The number of hydrogen-bond acceptors (Lipinski definition) is 4. The number of rotatable bonds is 12. The van der Waals surface area contributed by atoms with Gasteiger partial charge < -0.3 is 19.5 Å². The quantitative estimate of drug-likeness (QED) is 0.518. The maximum atomic E-state index is 5.37. The zero-order valence-electron chi connectivity index (χ0n) is 11.0. The molecule has 0 aromatic rings. The predicted molar refractivity (Wildman–Crippen MR) is 65.9 cm³/mol. The summed E-state index contributed by atoms with van der Waals surface area (Å²) in [5, 5.41) is 3.41. The van der Waals surface area contributed by atoms with Crippen molar-refractivity contribution in [2.75, 3.05) is 46.7 Å². The van der Waals surface area contributed by atoms with Gasteiger partial charge in [0.1, 0.15) is 0 Å². The van der Waals surface area contributed by atoms with Crippen molar-refractivity contribution in [2.24, 2.45) is 0 Å². The van der Waals surface area contributed by atoms with Crippen LogP contribution in [-0.2, 0) is 14.2 Å². The molecule has 0 aliphatic heterocycles. The van der Waals surface area contributed by atoms with Crippen molar-refractivity contribution >= 4 is 0 Å². The molecule has 0 radical (unpaired) electrons. The van der Waals surface area contributed by atoms with Crippen LogP contribution in [0.15, 0.2) is 0 Å². The average Bonchev–Trinajstić information content (AvgIpc) is 2.30. The lowest BCUT2D eigenvalue weighted by Gasteiger charge is -2.13. The van der Waals surface area contributed by atoms with Gasteiger partial charge >= 0.3 is 0 Å². The molecule has 0 aliphatic carbocycles. The van der Waals surface area contributed by atoms with Crippen molar-refractivity contribution in [3.63, 3.8) is 0 Å². The van der Waals surface area contributed by atoms with Crippen molar-refractivity contribution in [2.45, 2.75) is 32.7 Å². The Kier molecular flexibility index (Phi) is 12.8. The Morgan fingerprint density at radius 2 is 1.88 bits per heavy atom. The molecule has 0 aliphatic rings. The lowest BCUT2D eigenvalue weighted by Crippen LogP contribution is -2.31. The van der Waals surface area contributed by atoms with E-state index in [1.54, 1.807) is 7.11 Å². The number of unbranched alkanes of at least 4 members (excludes halogenated alkanes) is 1. The molecule has 98 valence electrons. The number of ether oxygens (including phenoxy) is 3. The fourth-order valence-corrected chi connectivity index (χ4v) is 1.28. The van der Waals surface area contributed by atoms with Gasteiger partial charge in [0.2, 0.25) is 0 Å². The first-order valence-corrected chi connectivity index (χ1v) is 6.19. The molecule has 16 heavy (non-hydrogen) atoms. The summed E-state index contributed by atoms with van der Waals surface area (Å²) in [6.45, 7) is 8.98. The van der Waals surface area contributed by atoms with Gasteiger partial charge in [-0.2, -0.15) is 0 Å². The summed E-state index contributed by atoms with van der Waals surface area (Å²) in [4.78, 5) is 0. The molecule has 0 aromatic carbocycles. The minimum atomic E-state index is 0.439. The molecule has 0 aromatic heterocycles. The van der Waals surface area contributed by atoms with Crippen LogP contribution in [0.3, 0.4) is 0 Å². The van der Waals surface area contributed by atoms with Crippen LogP contribution < -0.4 is 5.32 Å². The second-order valence-electron chi connectivity index (χ2n) is 3.83. The molecule has 0 bridgehead atoms. The zero-order chi connectivity index (χ0) is 12.1. The van der Waals surface area contributed by atoms with E-state index >= 15 is 0 Å². The van der Waals surface area contributed by atoms with E-state index in [0.717, 1.165) is 39.2 Å². The van der Waals surface area contributed by atoms with Gasteiger partial charge in [-0.05, 0) is 33.2 Å². The first kappa shape index (κ1) is 15.8. The number of nitrogens with one attached hydrogen (secondary N) is 1. The maximum absolute atomic E-state index is 5.37. The highest BCUT2D eigenvalue weighted by atomic mass is 16.5. The molecule has 1 atom stereocenters. The standard InChI is InChI=1S/C12H27NO3/c1-4-15-11-12(2)13-7-5-6-8-16-10-9-14-3/h12-13H,4-11H2,1-3H3.